The summed E-state index contributed by atoms with van der Waals surface area (Å²) in [6, 6.07) is 5.68. The predicted molar refractivity (Wildman–Crippen MR) is 79.4 cm³/mol. The first-order chi connectivity index (χ1) is 9.49. The summed E-state index contributed by atoms with van der Waals surface area (Å²) in [7, 11) is 0. The first kappa shape index (κ1) is 14.6. The maximum atomic E-state index is 11.5. The fraction of sp³-hybridized carbons (Fsp3) is 0.438. The summed E-state index contributed by atoms with van der Waals surface area (Å²) >= 11 is 0. The van der Waals surface area contributed by atoms with Gasteiger partial charge in [0, 0.05) is 29.2 Å². The molecule has 2 aromatic rings. The molecular weight excluding hydrogens is 254 g/mol. The van der Waals surface area contributed by atoms with Crippen molar-refractivity contribution < 1.29 is 15.0 Å². The van der Waals surface area contributed by atoms with Gasteiger partial charge in [-0.25, -0.2) is 4.79 Å². The Morgan fingerprint density at radius 2 is 2.05 bits per heavy atom. The molecule has 0 saturated carbocycles. The Balaban J connectivity index is 2.80. The van der Waals surface area contributed by atoms with Crippen LogP contribution in [0.15, 0.2) is 18.2 Å². The lowest BCUT2D eigenvalue weighted by atomic mass is 10.0. The van der Waals surface area contributed by atoms with Gasteiger partial charge in [0.15, 0.2) is 0 Å². The number of hydrogen-bond acceptors (Lipinski definition) is 2. The fourth-order valence-corrected chi connectivity index (χ4v) is 2.97. The van der Waals surface area contributed by atoms with Crippen LogP contribution in [0.1, 0.15) is 47.9 Å². The van der Waals surface area contributed by atoms with Crippen LogP contribution in [0.3, 0.4) is 0 Å². The van der Waals surface area contributed by atoms with Crippen LogP contribution in [0.2, 0.25) is 0 Å². The van der Waals surface area contributed by atoms with E-state index in [1.54, 1.807) is 12.1 Å². The number of rotatable bonds is 5. The molecule has 0 amide bonds. The molecule has 20 heavy (non-hydrogen) atoms. The number of aromatic nitrogens is 1. The van der Waals surface area contributed by atoms with E-state index in [0.717, 1.165) is 22.2 Å². The number of aliphatic hydroxyl groups is 1. The van der Waals surface area contributed by atoms with Gasteiger partial charge in [-0.05, 0) is 51.3 Å². The average Bonchev–Trinajstić information content (AvgIpc) is 2.67. The van der Waals surface area contributed by atoms with E-state index in [1.165, 1.54) is 0 Å². The zero-order valence-electron chi connectivity index (χ0n) is 12.2. The van der Waals surface area contributed by atoms with Crippen molar-refractivity contribution >= 4 is 16.9 Å². The van der Waals surface area contributed by atoms with E-state index in [-0.39, 0.29) is 12.6 Å². The third-order valence-electron chi connectivity index (χ3n) is 3.73. The molecule has 0 aliphatic carbocycles. The SMILES string of the molecule is Cc1c(CCCO)c2c(C(=O)O)cccc2n1C(C)C. The Hall–Kier alpha value is -1.81. The van der Waals surface area contributed by atoms with Gasteiger partial charge in [-0.1, -0.05) is 6.07 Å². The largest absolute Gasteiger partial charge is 0.478 e. The van der Waals surface area contributed by atoms with E-state index in [9.17, 15) is 9.90 Å². The molecule has 0 radical (unpaired) electrons. The van der Waals surface area contributed by atoms with Gasteiger partial charge >= 0.3 is 5.97 Å². The molecule has 4 heteroatoms. The van der Waals surface area contributed by atoms with E-state index in [0.29, 0.717) is 18.4 Å². The zero-order chi connectivity index (χ0) is 14.9. The molecule has 108 valence electrons. The molecule has 0 saturated heterocycles. The summed E-state index contributed by atoms with van der Waals surface area (Å²) in [5, 5.41) is 19.3. The Labute approximate surface area is 118 Å². The number of benzene rings is 1. The van der Waals surface area contributed by atoms with Crippen molar-refractivity contribution in [3.05, 3.63) is 35.0 Å². The van der Waals surface area contributed by atoms with Crippen molar-refractivity contribution in [3.8, 4) is 0 Å². The molecule has 0 atom stereocenters. The summed E-state index contributed by atoms with van der Waals surface area (Å²) < 4.78 is 2.18. The number of nitrogens with zero attached hydrogens (tertiary/aromatic N) is 1. The van der Waals surface area contributed by atoms with Crippen LogP contribution in [-0.2, 0) is 6.42 Å². The van der Waals surface area contributed by atoms with Crippen molar-refractivity contribution in [1.82, 2.24) is 4.57 Å². The maximum absolute atomic E-state index is 11.5. The van der Waals surface area contributed by atoms with Crippen LogP contribution >= 0.6 is 0 Å². The van der Waals surface area contributed by atoms with Gasteiger partial charge < -0.3 is 14.8 Å². The number of carboxylic acids is 1. The number of aromatic carboxylic acids is 1. The topological polar surface area (TPSA) is 62.5 Å². The fourth-order valence-electron chi connectivity index (χ4n) is 2.97. The van der Waals surface area contributed by atoms with Crippen molar-refractivity contribution in [2.24, 2.45) is 0 Å². The molecule has 0 aliphatic rings. The van der Waals surface area contributed by atoms with Crippen molar-refractivity contribution in [2.45, 2.75) is 39.7 Å². The van der Waals surface area contributed by atoms with E-state index < -0.39 is 5.97 Å². The molecule has 0 bridgehead atoms. The lowest BCUT2D eigenvalue weighted by molar-refractivity contribution is 0.0699. The second kappa shape index (κ2) is 5.67. The minimum absolute atomic E-state index is 0.114. The summed E-state index contributed by atoms with van der Waals surface area (Å²) in [4.78, 5) is 11.5. The predicted octanol–water partition coefficient (Wildman–Crippen LogP) is 3.15. The second-order valence-corrected chi connectivity index (χ2v) is 5.36. The second-order valence-electron chi connectivity index (χ2n) is 5.36. The summed E-state index contributed by atoms with van der Waals surface area (Å²) in [5.74, 6) is -0.901. The lowest BCUT2D eigenvalue weighted by Crippen LogP contribution is -2.03. The Kier molecular flexibility index (Phi) is 4.14. The number of hydrogen-bond donors (Lipinski definition) is 2. The Bertz CT molecular complexity index is 641. The number of aryl methyl sites for hydroxylation is 1. The highest BCUT2D eigenvalue weighted by molar-refractivity contribution is 6.05. The van der Waals surface area contributed by atoms with Crippen LogP contribution in [0.4, 0.5) is 0 Å². The third-order valence-corrected chi connectivity index (χ3v) is 3.73. The average molecular weight is 275 g/mol. The van der Waals surface area contributed by atoms with Crippen LogP contribution < -0.4 is 0 Å². The van der Waals surface area contributed by atoms with Crippen molar-refractivity contribution in [2.75, 3.05) is 6.61 Å². The van der Waals surface area contributed by atoms with Gasteiger partial charge in [0.2, 0.25) is 0 Å². The van der Waals surface area contributed by atoms with Gasteiger partial charge in [0.25, 0.3) is 0 Å². The molecular formula is C16H21NO3. The molecule has 1 heterocycles. The maximum Gasteiger partial charge on any atom is 0.336 e. The van der Waals surface area contributed by atoms with Gasteiger partial charge in [-0.2, -0.15) is 0 Å². The van der Waals surface area contributed by atoms with E-state index in [4.69, 9.17) is 5.11 Å². The monoisotopic (exact) mass is 275 g/mol. The molecule has 0 spiro atoms. The molecule has 1 aromatic carbocycles. The summed E-state index contributed by atoms with van der Waals surface area (Å²) in [6.45, 7) is 6.33. The molecule has 4 nitrogen and oxygen atoms in total. The molecule has 0 aliphatic heterocycles. The van der Waals surface area contributed by atoms with Crippen LogP contribution in [0.5, 0.6) is 0 Å². The number of aliphatic hydroxyl groups excluding tert-OH is 1. The highest BCUT2D eigenvalue weighted by Gasteiger charge is 2.20. The van der Waals surface area contributed by atoms with E-state index in [1.807, 2.05) is 13.0 Å². The quantitative estimate of drug-likeness (QED) is 0.881. The lowest BCUT2D eigenvalue weighted by Gasteiger charge is -2.12. The Morgan fingerprint density at radius 1 is 1.35 bits per heavy atom. The molecule has 2 N–H and O–H groups in total. The van der Waals surface area contributed by atoms with Crippen LogP contribution in [-0.4, -0.2) is 27.4 Å². The van der Waals surface area contributed by atoms with Gasteiger partial charge in [-0.3, -0.25) is 0 Å². The summed E-state index contributed by atoms with van der Waals surface area (Å²) in [6.07, 6.45) is 1.34. The van der Waals surface area contributed by atoms with Crippen LogP contribution in [0, 0.1) is 6.92 Å². The Morgan fingerprint density at radius 3 is 2.60 bits per heavy atom. The van der Waals surface area contributed by atoms with Gasteiger partial charge in [0.05, 0.1) is 5.56 Å². The summed E-state index contributed by atoms with van der Waals surface area (Å²) in [5.41, 5.74) is 3.45. The minimum Gasteiger partial charge on any atom is -0.478 e. The normalized spacial score (nSPS) is 11.4. The molecule has 2 rings (SSSR count). The van der Waals surface area contributed by atoms with Crippen molar-refractivity contribution in [3.63, 3.8) is 0 Å². The first-order valence-corrected chi connectivity index (χ1v) is 6.95. The van der Waals surface area contributed by atoms with Crippen molar-refractivity contribution in [1.29, 1.82) is 0 Å². The van der Waals surface area contributed by atoms with Gasteiger partial charge in [-0.15, -0.1) is 0 Å². The molecule has 0 unspecified atom stereocenters. The van der Waals surface area contributed by atoms with Crippen LogP contribution in [0.25, 0.3) is 10.9 Å². The first-order valence-electron chi connectivity index (χ1n) is 6.95. The highest BCUT2D eigenvalue weighted by atomic mass is 16.4. The van der Waals surface area contributed by atoms with E-state index in [2.05, 4.69) is 18.4 Å². The highest BCUT2D eigenvalue weighted by Crippen LogP contribution is 2.32. The zero-order valence-corrected chi connectivity index (χ0v) is 12.2. The number of fused-ring (bicyclic) bond motifs is 1. The smallest absolute Gasteiger partial charge is 0.336 e. The van der Waals surface area contributed by atoms with Gasteiger partial charge in [0.1, 0.15) is 0 Å². The third kappa shape index (κ3) is 2.31. The number of carbonyl (C=O) groups is 1. The standard InChI is InChI=1S/C16H21NO3/c1-10(2)17-11(3)12(7-5-9-18)15-13(16(19)20)6-4-8-14(15)17/h4,6,8,10,18H,5,7,9H2,1-3H3,(H,19,20). The minimum atomic E-state index is -0.901. The number of carboxylic acid groups (broad SMARTS) is 1. The molecule has 0 fully saturated rings. The molecule has 1 aromatic heterocycles. The van der Waals surface area contributed by atoms with E-state index >= 15 is 0 Å².